The average molecular weight is 522 g/mol. The van der Waals surface area contributed by atoms with Gasteiger partial charge in [-0.25, -0.2) is 4.98 Å². The normalized spacial score (nSPS) is 18.5. The molecule has 1 saturated carbocycles. The summed E-state index contributed by atoms with van der Waals surface area (Å²) in [6.45, 7) is 5.47. The number of rotatable bonds is 5. The van der Waals surface area contributed by atoms with Crippen molar-refractivity contribution in [3.8, 4) is 11.4 Å². The van der Waals surface area contributed by atoms with Crippen molar-refractivity contribution in [3.05, 3.63) is 58.3 Å². The van der Waals surface area contributed by atoms with E-state index in [1.54, 1.807) is 26.1 Å². The maximum Gasteiger partial charge on any atom is 0.236 e. The minimum Gasteiger partial charge on any atom is -0.493 e. The van der Waals surface area contributed by atoms with Crippen molar-refractivity contribution in [2.24, 2.45) is 5.41 Å². The van der Waals surface area contributed by atoms with Gasteiger partial charge in [0.15, 0.2) is 17.4 Å². The monoisotopic (exact) mass is 521 g/mol. The molecule has 1 amide bonds. The van der Waals surface area contributed by atoms with Crippen LogP contribution in [0.1, 0.15) is 41.7 Å². The third-order valence-electron chi connectivity index (χ3n) is 7.93. The molecule has 0 radical (unpaired) electrons. The van der Waals surface area contributed by atoms with Gasteiger partial charge in [0.05, 0.1) is 25.9 Å². The van der Waals surface area contributed by atoms with Crippen LogP contribution in [0.25, 0.3) is 5.69 Å². The van der Waals surface area contributed by atoms with Crippen LogP contribution in [0.3, 0.4) is 0 Å². The summed E-state index contributed by atoms with van der Waals surface area (Å²) < 4.78 is 7.77. The van der Waals surface area contributed by atoms with Gasteiger partial charge < -0.3 is 14.5 Å². The highest BCUT2D eigenvalue weighted by Crippen LogP contribution is 2.57. The largest absolute Gasteiger partial charge is 0.493 e. The molecule has 1 aliphatic carbocycles. The van der Waals surface area contributed by atoms with Crippen LogP contribution in [0.15, 0.2) is 30.3 Å². The molecule has 2 aliphatic heterocycles. The molecule has 37 heavy (non-hydrogen) atoms. The number of hydrogen-bond acceptors (Lipinski definition) is 7. The van der Waals surface area contributed by atoms with Gasteiger partial charge in [-0.2, -0.15) is 0 Å². The van der Waals surface area contributed by atoms with Crippen molar-refractivity contribution in [1.82, 2.24) is 29.5 Å². The van der Waals surface area contributed by atoms with E-state index in [1.807, 2.05) is 31.2 Å². The van der Waals surface area contributed by atoms with E-state index in [2.05, 4.69) is 30.6 Å². The second kappa shape index (κ2) is 8.99. The molecular weight excluding hydrogens is 490 g/mol. The van der Waals surface area contributed by atoms with E-state index >= 15 is 0 Å². The summed E-state index contributed by atoms with van der Waals surface area (Å²) in [6, 6.07) is 9.95. The number of pyridine rings is 1. The number of amides is 1. The van der Waals surface area contributed by atoms with Crippen LogP contribution in [-0.4, -0.2) is 76.3 Å². The molecule has 0 unspecified atom stereocenters. The number of benzene rings is 1. The number of halogens is 1. The Morgan fingerprint density at radius 1 is 1.16 bits per heavy atom. The van der Waals surface area contributed by atoms with Crippen LogP contribution in [0.2, 0.25) is 5.02 Å². The number of nitrogens with zero attached hydrogens (tertiary/aromatic N) is 7. The summed E-state index contributed by atoms with van der Waals surface area (Å²) in [5, 5.41) is 9.98. The summed E-state index contributed by atoms with van der Waals surface area (Å²) in [5.74, 6) is 4.04. The highest BCUT2D eigenvalue weighted by molar-refractivity contribution is 6.30. The number of ether oxygens (including phenoxy) is 1. The second-order valence-corrected chi connectivity index (χ2v) is 11.4. The smallest absolute Gasteiger partial charge is 0.236 e. The van der Waals surface area contributed by atoms with E-state index < -0.39 is 0 Å². The van der Waals surface area contributed by atoms with E-state index in [0.29, 0.717) is 30.6 Å². The Kier molecular flexibility index (Phi) is 5.88. The minimum atomic E-state index is 0.0620. The van der Waals surface area contributed by atoms with Crippen molar-refractivity contribution in [3.63, 3.8) is 0 Å². The standard InChI is InChI=1S/C27H32ClN7O2/c1-17-5-8-22(37-4)26(29-17)34-15-27(16-34)10-19(11-27)25-31-30-23-13-33(14-24(36)32(2)3)12-18-9-20(28)6-7-21(18)35(23)25/h5-9,19H,10-16H2,1-4H3. The summed E-state index contributed by atoms with van der Waals surface area (Å²) >= 11 is 6.38. The van der Waals surface area contributed by atoms with Crippen LogP contribution in [0, 0.1) is 12.3 Å². The molecule has 1 saturated heterocycles. The van der Waals surface area contributed by atoms with E-state index in [1.165, 1.54) is 0 Å². The fourth-order valence-electron chi connectivity index (χ4n) is 6.06. The molecule has 1 spiro atoms. The highest BCUT2D eigenvalue weighted by atomic mass is 35.5. The molecule has 3 aromatic rings. The number of aryl methyl sites for hydroxylation is 1. The number of carbonyl (C=O) groups is 1. The molecule has 0 atom stereocenters. The van der Waals surface area contributed by atoms with Crippen LogP contribution >= 0.6 is 11.6 Å². The molecule has 2 fully saturated rings. The maximum absolute atomic E-state index is 12.5. The summed E-state index contributed by atoms with van der Waals surface area (Å²) in [7, 11) is 5.26. The Bertz CT molecular complexity index is 1360. The van der Waals surface area contributed by atoms with E-state index in [-0.39, 0.29) is 11.3 Å². The zero-order valence-electron chi connectivity index (χ0n) is 21.7. The van der Waals surface area contributed by atoms with E-state index in [0.717, 1.165) is 66.1 Å². The molecule has 3 aliphatic rings. The van der Waals surface area contributed by atoms with Gasteiger partial charge in [-0.1, -0.05) is 11.6 Å². The highest BCUT2D eigenvalue weighted by Gasteiger charge is 2.55. The van der Waals surface area contributed by atoms with Gasteiger partial charge in [-0.15, -0.1) is 10.2 Å². The van der Waals surface area contributed by atoms with E-state index in [4.69, 9.17) is 21.3 Å². The Morgan fingerprint density at radius 2 is 1.95 bits per heavy atom. The Morgan fingerprint density at radius 3 is 2.68 bits per heavy atom. The van der Waals surface area contributed by atoms with Gasteiger partial charge in [-0.3, -0.25) is 14.3 Å². The van der Waals surface area contributed by atoms with Gasteiger partial charge in [0.2, 0.25) is 5.91 Å². The van der Waals surface area contributed by atoms with Crippen molar-refractivity contribution in [1.29, 1.82) is 0 Å². The molecule has 6 rings (SSSR count). The number of aromatic nitrogens is 4. The van der Waals surface area contributed by atoms with Gasteiger partial charge in [0.1, 0.15) is 5.82 Å². The number of hydrogen-bond donors (Lipinski definition) is 0. The van der Waals surface area contributed by atoms with Gasteiger partial charge in [-0.05, 0) is 55.7 Å². The molecule has 194 valence electrons. The maximum atomic E-state index is 12.5. The first-order valence-electron chi connectivity index (χ1n) is 12.7. The van der Waals surface area contributed by atoms with Crippen LogP contribution in [0.4, 0.5) is 5.82 Å². The number of fused-ring (bicyclic) bond motifs is 3. The summed E-state index contributed by atoms with van der Waals surface area (Å²) in [4.78, 5) is 23.3. The van der Waals surface area contributed by atoms with Crippen molar-refractivity contribution < 1.29 is 9.53 Å². The number of carbonyl (C=O) groups excluding carboxylic acids is 1. The van der Waals surface area contributed by atoms with Crippen LogP contribution < -0.4 is 9.64 Å². The lowest BCUT2D eigenvalue weighted by molar-refractivity contribution is -0.130. The third-order valence-corrected chi connectivity index (χ3v) is 8.16. The van der Waals surface area contributed by atoms with E-state index in [9.17, 15) is 4.79 Å². The second-order valence-electron chi connectivity index (χ2n) is 11.0. The third kappa shape index (κ3) is 4.24. The number of likely N-dealkylation sites (N-methyl/N-ethyl adjacent to an activating group) is 1. The van der Waals surface area contributed by atoms with Gasteiger partial charge in [0.25, 0.3) is 0 Å². The predicted octanol–water partition coefficient (Wildman–Crippen LogP) is 3.42. The zero-order chi connectivity index (χ0) is 25.9. The van der Waals surface area contributed by atoms with Crippen LogP contribution in [0.5, 0.6) is 5.75 Å². The topological polar surface area (TPSA) is 79.6 Å². The summed E-state index contributed by atoms with van der Waals surface area (Å²) in [6.07, 6.45) is 2.14. The van der Waals surface area contributed by atoms with Crippen molar-refractivity contribution in [2.45, 2.75) is 38.8 Å². The van der Waals surface area contributed by atoms with Gasteiger partial charge in [0, 0.05) is 55.8 Å². The molecular formula is C27H32ClN7O2. The lowest BCUT2D eigenvalue weighted by Gasteiger charge is -2.59. The molecule has 9 nitrogen and oxygen atoms in total. The molecule has 4 heterocycles. The first-order valence-corrected chi connectivity index (χ1v) is 13.1. The first-order chi connectivity index (χ1) is 17.7. The Balaban J connectivity index is 1.23. The fraction of sp³-hybridized carbons (Fsp3) is 0.481. The Labute approximate surface area is 222 Å². The quantitative estimate of drug-likeness (QED) is 0.509. The lowest BCUT2D eigenvalue weighted by Crippen LogP contribution is -2.62. The zero-order valence-corrected chi connectivity index (χ0v) is 22.5. The molecule has 1 aromatic carbocycles. The molecule has 10 heteroatoms. The van der Waals surface area contributed by atoms with Crippen molar-refractivity contribution in [2.75, 3.05) is 45.7 Å². The number of methoxy groups -OCH3 is 1. The lowest BCUT2D eigenvalue weighted by atomic mass is 9.57. The molecule has 0 bridgehead atoms. The molecule has 0 N–H and O–H groups in total. The minimum absolute atomic E-state index is 0.0620. The fourth-order valence-corrected chi connectivity index (χ4v) is 6.25. The van der Waals surface area contributed by atoms with Gasteiger partial charge >= 0.3 is 0 Å². The Hall–Kier alpha value is -3.17. The van der Waals surface area contributed by atoms with Crippen molar-refractivity contribution >= 4 is 23.3 Å². The number of anilines is 1. The molecule has 2 aromatic heterocycles. The predicted molar refractivity (Wildman–Crippen MR) is 141 cm³/mol. The average Bonchev–Trinajstić information content (AvgIpc) is 3.13. The van der Waals surface area contributed by atoms with Crippen LogP contribution in [-0.2, 0) is 17.9 Å². The summed E-state index contributed by atoms with van der Waals surface area (Å²) in [5.41, 5.74) is 3.42. The first kappa shape index (κ1) is 24.2. The SMILES string of the molecule is COc1ccc(C)nc1N1CC2(CC(c3nnc4n3-c3ccc(Cl)cc3CN(CC(=O)N(C)C)C4)C2)C1.